The van der Waals surface area contributed by atoms with E-state index in [1.165, 1.54) is 11.4 Å². The Morgan fingerprint density at radius 2 is 1.80 bits per heavy atom. The minimum Gasteiger partial charge on any atom is -0.378 e. The molecule has 0 fully saturated rings. The summed E-state index contributed by atoms with van der Waals surface area (Å²) in [7, 11) is 4.08. The van der Waals surface area contributed by atoms with Crippen LogP contribution in [-0.4, -0.2) is 20.3 Å². The molecule has 0 radical (unpaired) electrons. The molecular formula is C17H22N3+. The first-order valence-electron chi connectivity index (χ1n) is 6.94. The van der Waals surface area contributed by atoms with Crippen LogP contribution in [-0.2, 0) is 6.42 Å². The van der Waals surface area contributed by atoms with Gasteiger partial charge < -0.3 is 4.90 Å². The maximum Gasteiger partial charge on any atom is 0.214 e. The predicted molar refractivity (Wildman–Crippen MR) is 84.5 cm³/mol. The number of rotatable bonds is 4. The molecule has 0 aliphatic heterocycles. The molecule has 0 atom stereocenters. The number of benzene rings is 1. The fourth-order valence-corrected chi connectivity index (χ4v) is 2.08. The smallest absolute Gasteiger partial charge is 0.214 e. The van der Waals surface area contributed by atoms with Crippen LogP contribution in [0.4, 0.5) is 5.69 Å². The number of nitrogens with zero attached hydrogens (tertiary/aromatic N) is 3. The van der Waals surface area contributed by atoms with E-state index in [0.29, 0.717) is 0 Å². The Morgan fingerprint density at radius 3 is 2.40 bits per heavy atom. The molecule has 0 aliphatic carbocycles. The third kappa shape index (κ3) is 3.23. The summed E-state index contributed by atoms with van der Waals surface area (Å²) in [5.41, 5.74) is 4.66. The van der Waals surface area contributed by atoms with Crippen molar-refractivity contribution in [2.24, 2.45) is 5.10 Å². The topological polar surface area (TPSA) is 19.5 Å². The van der Waals surface area contributed by atoms with E-state index in [2.05, 4.69) is 66.3 Å². The molecule has 0 N–H and O–H groups in total. The standard InChI is InChI=1S/C17H22N3/c1-5-16-8-6-7-14(2)20(16)18-13-15-9-11-17(12-10-15)19(3)4/h6-13H,5H2,1-4H3/q+1. The average molecular weight is 268 g/mol. The zero-order valence-electron chi connectivity index (χ0n) is 12.7. The Morgan fingerprint density at radius 1 is 1.10 bits per heavy atom. The maximum absolute atomic E-state index is 4.60. The minimum atomic E-state index is 0.971. The summed E-state index contributed by atoms with van der Waals surface area (Å²) in [6, 6.07) is 14.6. The van der Waals surface area contributed by atoms with Gasteiger partial charge in [0.05, 0.1) is 0 Å². The van der Waals surface area contributed by atoms with E-state index < -0.39 is 0 Å². The summed E-state index contributed by atoms with van der Waals surface area (Å²) >= 11 is 0. The summed E-state index contributed by atoms with van der Waals surface area (Å²) < 4.78 is 2.00. The van der Waals surface area contributed by atoms with Gasteiger partial charge in [-0.2, -0.15) is 0 Å². The number of hydrogen-bond donors (Lipinski definition) is 0. The van der Waals surface area contributed by atoms with Gasteiger partial charge in [0.25, 0.3) is 0 Å². The molecule has 20 heavy (non-hydrogen) atoms. The number of pyridine rings is 1. The second-order valence-electron chi connectivity index (χ2n) is 5.05. The Bertz CT molecular complexity index is 598. The van der Waals surface area contributed by atoms with Crippen LogP contribution >= 0.6 is 0 Å². The molecule has 0 unspecified atom stereocenters. The van der Waals surface area contributed by atoms with Crippen molar-refractivity contribution < 1.29 is 4.68 Å². The van der Waals surface area contributed by atoms with Gasteiger partial charge in [-0.25, -0.2) is 0 Å². The molecule has 2 aromatic rings. The van der Waals surface area contributed by atoms with Gasteiger partial charge in [0.2, 0.25) is 11.4 Å². The number of aromatic nitrogens is 1. The monoisotopic (exact) mass is 268 g/mol. The molecule has 1 aromatic heterocycles. The lowest BCUT2D eigenvalue weighted by Crippen LogP contribution is -2.36. The summed E-state index contributed by atoms with van der Waals surface area (Å²) in [5, 5.41) is 4.60. The van der Waals surface area contributed by atoms with Gasteiger partial charge in [-0.15, -0.1) is 0 Å². The van der Waals surface area contributed by atoms with Crippen molar-refractivity contribution in [2.45, 2.75) is 20.3 Å². The molecule has 0 spiro atoms. The molecule has 0 amide bonds. The molecule has 104 valence electrons. The highest BCUT2D eigenvalue weighted by atomic mass is 15.3. The Kier molecular flexibility index (Phi) is 4.51. The van der Waals surface area contributed by atoms with Crippen LogP contribution < -0.4 is 9.58 Å². The molecule has 0 bridgehead atoms. The lowest BCUT2D eigenvalue weighted by molar-refractivity contribution is -0.691. The van der Waals surface area contributed by atoms with Crippen LogP contribution in [0.2, 0.25) is 0 Å². The van der Waals surface area contributed by atoms with Crippen LogP contribution in [0.3, 0.4) is 0 Å². The van der Waals surface area contributed by atoms with Gasteiger partial charge in [-0.1, -0.05) is 23.7 Å². The summed E-state index contributed by atoms with van der Waals surface area (Å²) in [6.07, 6.45) is 2.88. The van der Waals surface area contributed by atoms with Crippen LogP contribution in [0.5, 0.6) is 0 Å². The zero-order valence-corrected chi connectivity index (χ0v) is 12.7. The molecule has 0 saturated carbocycles. The number of aryl methyl sites for hydroxylation is 2. The predicted octanol–water partition coefficient (Wildman–Crippen LogP) is 2.79. The third-order valence-electron chi connectivity index (χ3n) is 3.33. The second kappa shape index (κ2) is 6.33. The van der Waals surface area contributed by atoms with Gasteiger partial charge in [-0.3, -0.25) is 0 Å². The van der Waals surface area contributed by atoms with Crippen LogP contribution in [0.25, 0.3) is 0 Å². The van der Waals surface area contributed by atoms with Crippen molar-refractivity contribution in [2.75, 3.05) is 19.0 Å². The van der Waals surface area contributed by atoms with E-state index in [1.807, 2.05) is 25.0 Å². The van der Waals surface area contributed by atoms with E-state index >= 15 is 0 Å². The van der Waals surface area contributed by atoms with Gasteiger partial charge >= 0.3 is 0 Å². The Hall–Kier alpha value is -2.16. The highest BCUT2D eigenvalue weighted by Crippen LogP contribution is 2.10. The minimum absolute atomic E-state index is 0.971. The normalized spacial score (nSPS) is 11.0. The molecule has 1 aromatic carbocycles. The van der Waals surface area contributed by atoms with Crippen molar-refractivity contribution in [3.05, 3.63) is 59.4 Å². The molecule has 3 heteroatoms. The van der Waals surface area contributed by atoms with E-state index in [9.17, 15) is 0 Å². The summed E-state index contributed by atoms with van der Waals surface area (Å²) in [5.74, 6) is 0. The second-order valence-corrected chi connectivity index (χ2v) is 5.05. The number of anilines is 1. The number of hydrogen-bond acceptors (Lipinski definition) is 2. The fraction of sp³-hybridized carbons (Fsp3) is 0.294. The van der Waals surface area contributed by atoms with Crippen LogP contribution in [0.1, 0.15) is 23.9 Å². The highest BCUT2D eigenvalue weighted by molar-refractivity contribution is 5.79. The Balaban J connectivity index is 2.25. The third-order valence-corrected chi connectivity index (χ3v) is 3.33. The molecule has 0 aliphatic rings. The van der Waals surface area contributed by atoms with Gasteiger partial charge in [0, 0.05) is 45.3 Å². The SMILES string of the molecule is CCc1cccc(C)[n+]1N=Cc1ccc(N(C)C)cc1. The van der Waals surface area contributed by atoms with Crippen molar-refractivity contribution >= 4 is 11.9 Å². The van der Waals surface area contributed by atoms with Crippen molar-refractivity contribution in [1.29, 1.82) is 0 Å². The van der Waals surface area contributed by atoms with Crippen molar-refractivity contribution in [3.8, 4) is 0 Å². The first-order valence-corrected chi connectivity index (χ1v) is 6.94. The van der Waals surface area contributed by atoms with Crippen molar-refractivity contribution in [3.63, 3.8) is 0 Å². The van der Waals surface area contributed by atoms with Gasteiger partial charge in [0.15, 0.2) is 0 Å². The molecule has 2 rings (SSSR count). The fourth-order valence-electron chi connectivity index (χ4n) is 2.08. The zero-order chi connectivity index (χ0) is 14.5. The first kappa shape index (κ1) is 14.3. The van der Waals surface area contributed by atoms with Crippen LogP contribution in [0, 0.1) is 6.92 Å². The highest BCUT2D eigenvalue weighted by Gasteiger charge is 2.10. The molecule has 1 heterocycles. The van der Waals surface area contributed by atoms with E-state index in [-0.39, 0.29) is 0 Å². The summed E-state index contributed by atoms with van der Waals surface area (Å²) in [6.45, 7) is 4.22. The lowest BCUT2D eigenvalue weighted by Gasteiger charge is -2.11. The lowest BCUT2D eigenvalue weighted by atomic mass is 10.2. The molecular weight excluding hydrogens is 246 g/mol. The first-order chi connectivity index (χ1) is 9.61. The van der Waals surface area contributed by atoms with E-state index in [1.54, 1.807) is 0 Å². The maximum atomic E-state index is 4.60. The summed E-state index contributed by atoms with van der Waals surface area (Å²) in [4.78, 5) is 2.09. The Labute approximate surface area is 121 Å². The van der Waals surface area contributed by atoms with Crippen molar-refractivity contribution in [1.82, 2.24) is 0 Å². The average Bonchev–Trinajstić information content (AvgIpc) is 2.46. The molecule has 3 nitrogen and oxygen atoms in total. The molecule has 0 saturated heterocycles. The largest absolute Gasteiger partial charge is 0.378 e. The van der Waals surface area contributed by atoms with E-state index in [0.717, 1.165) is 17.7 Å². The van der Waals surface area contributed by atoms with E-state index in [4.69, 9.17) is 0 Å². The quantitative estimate of drug-likeness (QED) is 0.616. The van der Waals surface area contributed by atoms with Crippen LogP contribution in [0.15, 0.2) is 47.6 Å². The van der Waals surface area contributed by atoms with Gasteiger partial charge in [-0.05, 0) is 28.9 Å². The van der Waals surface area contributed by atoms with Gasteiger partial charge in [0.1, 0.15) is 6.21 Å².